The molecule has 0 bridgehead atoms. The summed E-state index contributed by atoms with van der Waals surface area (Å²) in [5, 5.41) is 8.43. The second-order valence-electron chi connectivity index (χ2n) is 6.36. The first-order valence-electron chi connectivity index (χ1n) is 8.40. The van der Waals surface area contributed by atoms with Crippen LogP contribution in [0.3, 0.4) is 0 Å². The third kappa shape index (κ3) is 3.09. The Kier molecular flexibility index (Phi) is 4.44. The van der Waals surface area contributed by atoms with E-state index in [1.807, 2.05) is 24.3 Å². The lowest BCUT2D eigenvalue weighted by atomic mass is 9.94. The van der Waals surface area contributed by atoms with Gasteiger partial charge >= 0.3 is 0 Å². The number of nitrogens with one attached hydrogen (secondary N) is 2. The van der Waals surface area contributed by atoms with E-state index >= 15 is 0 Å². The number of para-hydroxylation sites is 1. The number of halogens is 1. The molecular formula is C19H18ClN5O. The van der Waals surface area contributed by atoms with E-state index in [1.54, 1.807) is 12.1 Å². The molecule has 7 heteroatoms. The van der Waals surface area contributed by atoms with E-state index < -0.39 is 5.91 Å². The molecule has 0 saturated carbocycles. The van der Waals surface area contributed by atoms with E-state index in [1.165, 1.54) is 11.9 Å². The fraction of sp³-hybridized carbons (Fsp3) is 0.211. The van der Waals surface area contributed by atoms with Crippen molar-refractivity contribution < 1.29 is 4.79 Å². The van der Waals surface area contributed by atoms with Crippen LogP contribution in [-0.2, 0) is 0 Å². The zero-order chi connectivity index (χ0) is 18.1. The van der Waals surface area contributed by atoms with Crippen LogP contribution in [0.2, 0.25) is 5.02 Å². The Morgan fingerprint density at radius 2 is 2.04 bits per heavy atom. The molecule has 1 aliphatic heterocycles. The van der Waals surface area contributed by atoms with Gasteiger partial charge in [-0.05, 0) is 29.8 Å². The van der Waals surface area contributed by atoms with Crippen LogP contribution in [0.5, 0.6) is 0 Å². The van der Waals surface area contributed by atoms with Crippen molar-refractivity contribution in [2.24, 2.45) is 5.73 Å². The molecule has 0 aliphatic carbocycles. The molecule has 0 radical (unpaired) electrons. The van der Waals surface area contributed by atoms with Gasteiger partial charge in [0.25, 0.3) is 5.91 Å². The number of primary amides is 1. The van der Waals surface area contributed by atoms with Crippen molar-refractivity contribution in [3.05, 3.63) is 64.9 Å². The van der Waals surface area contributed by atoms with E-state index in [9.17, 15) is 4.79 Å². The Morgan fingerprint density at radius 3 is 2.85 bits per heavy atom. The van der Waals surface area contributed by atoms with Crippen molar-refractivity contribution in [2.45, 2.75) is 12.0 Å². The van der Waals surface area contributed by atoms with Gasteiger partial charge in [0.1, 0.15) is 12.1 Å². The number of benzene rings is 2. The number of anilines is 1. The van der Waals surface area contributed by atoms with Crippen molar-refractivity contribution in [3.63, 3.8) is 0 Å². The molecule has 4 N–H and O–H groups in total. The van der Waals surface area contributed by atoms with Gasteiger partial charge < -0.3 is 16.4 Å². The molecule has 2 heterocycles. The van der Waals surface area contributed by atoms with Gasteiger partial charge in [-0.3, -0.25) is 4.79 Å². The Bertz CT molecular complexity index is 977. The highest BCUT2D eigenvalue weighted by Gasteiger charge is 2.29. The smallest absolute Gasteiger partial charge is 0.250 e. The van der Waals surface area contributed by atoms with Crippen molar-refractivity contribution >= 4 is 34.2 Å². The van der Waals surface area contributed by atoms with Gasteiger partial charge in [-0.2, -0.15) is 0 Å². The number of aromatic nitrogens is 2. The van der Waals surface area contributed by atoms with E-state index in [0.29, 0.717) is 16.9 Å². The third-order valence-corrected chi connectivity index (χ3v) is 4.98. The Labute approximate surface area is 155 Å². The largest absolute Gasteiger partial charge is 0.366 e. The lowest BCUT2D eigenvalue weighted by Gasteiger charge is -2.22. The quantitative estimate of drug-likeness (QED) is 0.659. The molecule has 2 atom stereocenters. The normalized spacial score (nSPS) is 19.6. The van der Waals surface area contributed by atoms with Crippen LogP contribution >= 0.6 is 11.6 Å². The molecule has 4 rings (SSSR count). The molecule has 1 amide bonds. The number of amides is 1. The van der Waals surface area contributed by atoms with E-state index in [2.05, 4.69) is 26.7 Å². The molecule has 1 fully saturated rings. The van der Waals surface area contributed by atoms with E-state index in [0.717, 1.165) is 23.5 Å². The van der Waals surface area contributed by atoms with Crippen LogP contribution in [0.25, 0.3) is 10.9 Å². The number of hydrogen-bond acceptors (Lipinski definition) is 5. The molecular weight excluding hydrogens is 350 g/mol. The van der Waals surface area contributed by atoms with E-state index in [4.69, 9.17) is 17.3 Å². The number of hydrogen-bond donors (Lipinski definition) is 3. The highest BCUT2D eigenvalue weighted by molar-refractivity contribution is 6.30. The summed E-state index contributed by atoms with van der Waals surface area (Å²) >= 11 is 6.15. The van der Waals surface area contributed by atoms with Crippen LogP contribution in [0.1, 0.15) is 21.8 Å². The second kappa shape index (κ2) is 6.90. The molecule has 1 aliphatic rings. The van der Waals surface area contributed by atoms with Gasteiger partial charge in [-0.15, -0.1) is 0 Å². The number of carbonyl (C=O) groups excluding carboxylic acids is 1. The Hall–Kier alpha value is -2.70. The summed E-state index contributed by atoms with van der Waals surface area (Å²) in [6.07, 6.45) is 1.45. The Morgan fingerprint density at radius 1 is 1.19 bits per heavy atom. The first-order valence-corrected chi connectivity index (χ1v) is 8.77. The molecule has 6 nitrogen and oxygen atoms in total. The average Bonchev–Trinajstić information content (AvgIpc) is 3.09. The molecule has 2 aromatic carbocycles. The Balaban J connectivity index is 1.68. The van der Waals surface area contributed by atoms with Gasteiger partial charge in [0.2, 0.25) is 0 Å². The minimum atomic E-state index is -0.500. The summed E-state index contributed by atoms with van der Waals surface area (Å²) < 4.78 is 0. The van der Waals surface area contributed by atoms with Gasteiger partial charge in [0.05, 0.1) is 11.1 Å². The van der Waals surface area contributed by atoms with Gasteiger partial charge in [-0.25, -0.2) is 9.97 Å². The van der Waals surface area contributed by atoms with E-state index in [-0.39, 0.29) is 12.0 Å². The van der Waals surface area contributed by atoms with Crippen molar-refractivity contribution in [2.75, 3.05) is 18.4 Å². The minimum absolute atomic E-state index is 0.142. The number of nitrogens with zero attached hydrogens (tertiary/aromatic N) is 2. The lowest BCUT2D eigenvalue weighted by Crippen LogP contribution is -2.27. The summed E-state index contributed by atoms with van der Waals surface area (Å²) in [4.78, 5) is 20.3. The van der Waals surface area contributed by atoms with Crippen molar-refractivity contribution in [1.82, 2.24) is 15.3 Å². The highest BCUT2D eigenvalue weighted by Crippen LogP contribution is 2.29. The summed E-state index contributed by atoms with van der Waals surface area (Å²) in [7, 11) is 0. The fourth-order valence-corrected chi connectivity index (χ4v) is 3.69. The summed E-state index contributed by atoms with van der Waals surface area (Å²) in [5.74, 6) is 0.455. The maximum Gasteiger partial charge on any atom is 0.250 e. The topological polar surface area (TPSA) is 92.9 Å². The highest BCUT2D eigenvalue weighted by atomic mass is 35.5. The van der Waals surface area contributed by atoms with Gasteiger partial charge in [0, 0.05) is 35.5 Å². The van der Waals surface area contributed by atoms with Crippen LogP contribution < -0.4 is 16.4 Å². The first-order chi connectivity index (χ1) is 12.6. The molecule has 132 valence electrons. The molecule has 1 saturated heterocycles. The maximum absolute atomic E-state index is 11.7. The SMILES string of the molecule is NC(=O)c1cccc2c(N[C@@H]3CNC[C@H]3c3cccc(Cl)c3)ncnc12. The molecule has 0 spiro atoms. The molecule has 26 heavy (non-hydrogen) atoms. The van der Waals surface area contributed by atoms with Gasteiger partial charge in [0.15, 0.2) is 0 Å². The molecule has 1 aromatic heterocycles. The number of fused-ring (bicyclic) bond motifs is 1. The predicted molar refractivity (Wildman–Crippen MR) is 103 cm³/mol. The number of carbonyl (C=O) groups is 1. The van der Waals surface area contributed by atoms with Crippen LogP contribution in [-0.4, -0.2) is 35.0 Å². The maximum atomic E-state index is 11.7. The lowest BCUT2D eigenvalue weighted by molar-refractivity contribution is 0.100. The second-order valence-corrected chi connectivity index (χ2v) is 6.80. The number of rotatable bonds is 4. The summed E-state index contributed by atoms with van der Waals surface area (Å²) in [6, 6.07) is 13.4. The molecule has 0 unspecified atom stereocenters. The van der Waals surface area contributed by atoms with Crippen molar-refractivity contribution in [3.8, 4) is 0 Å². The van der Waals surface area contributed by atoms with Crippen molar-refractivity contribution in [1.29, 1.82) is 0 Å². The standard InChI is InChI=1S/C19H18ClN5O/c20-12-4-1-3-11(7-12)15-8-22-9-16(15)25-19-14-6-2-5-13(18(21)26)17(14)23-10-24-19/h1-7,10,15-16,22H,8-9H2,(H2,21,26)(H,23,24,25)/t15-,16+/m0/s1. The summed E-state index contributed by atoms with van der Waals surface area (Å²) in [6.45, 7) is 1.66. The minimum Gasteiger partial charge on any atom is -0.366 e. The molecule has 3 aromatic rings. The fourth-order valence-electron chi connectivity index (χ4n) is 3.49. The van der Waals surface area contributed by atoms with Crippen LogP contribution in [0.15, 0.2) is 48.8 Å². The third-order valence-electron chi connectivity index (χ3n) is 4.74. The van der Waals surface area contributed by atoms with Crippen LogP contribution in [0.4, 0.5) is 5.82 Å². The summed E-state index contributed by atoms with van der Waals surface area (Å²) in [5.41, 5.74) is 7.59. The van der Waals surface area contributed by atoms with Crippen LogP contribution in [0, 0.1) is 0 Å². The zero-order valence-corrected chi connectivity index (χ0v) is 14.7. The zero-order valence-electron chi connectivity index (χ0n) is 13.9. The number of nitrogens with two attached hydrogens (primary N) is 1. The van der Waals surface area contributed by atoms with Gasteiger partial charge in [-0.1, -0.05) is 29.8 Å². The monoisotopic (exact) mass is 367 g/mol. The predicted octanol–water partition coefficient (Wildman–Crippen LogP) is 2.55. The average molecular weight is 368 g/mol. The first kappa shape index (κ1) is 16.8.